The molecule has 0 unspecified atom stereocenters. The van der Waals surface area contributed by atoms with Crippen LogP contribution in [0.1, 0.15) is 0 Å². The molecule has 0 radical (unpaired) electrons. The van der Waals surface area contributed by atoms with E-state index in [4.69, 9.17) is 0 Å². The molecule has 0 aliphatic heterocycles. The van der Waals surface area contributed by atoms with E-state index in [0.717, 1.165) is 29.1 Å². The lowest BCUT2D eigenvalue weighted by Crippen LogP contribution is -3.00. The van der Waals surface area contributed by atoms with Gasteiger partial charge in [-0.25, -0.2) is 0 Å². The van der Waals surface area contributed by atoms with Gasteiger partial charge in [0.2, 0.25) is 0 Å². The Hall–Kier alpha value is 0.810. The van der Waals surface area contributed by atoms with Crippen LogP contribution in [0.25, 0.3) is 0 Å². The fourth-order valence-corrected chi connectivity index (χ4v) is 1.75. The van der Waals surface area contributed by atoms with Gasteiger partial charge in [-0.15, -0.1) is 0 Å². The second kappa shape index (κ2) is 10.3. The molecular weight excluding hydrogens is 243 g/mol. The van der Waals surface area contributed by atoms with Crippen molar-refractivity contribution in [3.05, 3.63) is 0 Å². The summed E-state index contributed by atoms with van der Waals surface area (Å²) in [6.45, 7) is 1.77. The molecule has 3 nitrogen and oxygen atoms in total. The van der Waals surface area contributed by atoms with Gasteiger partial charge in [0, 0.05) is 11.5 Å². The van der Waals surface area contributed by atoms with Crippen molar-refractivity contribution in [2.24, 2.45) is 0 Å². The maximum absolute atomic E-state index is 9.55. The van der Waals surface area contributed by atoms with Gasteiger partial charge in [-0.3, -0.25) is 0 Å². The molecule has 0 heterocycles. The molecule has 6 heteroatoms. The molecule has 1 atom stereocenters. The molecule has 0 rings (SSSR count). The van der Waals surface area contributed by atoms with Gasteiger partial charge in [0.1, 0.15) is 12.6 Å². The fourth-order valence-electron chi connectivity index (χ4n) is 1.01. The number of thioether (sulfide) groups is 1. The van der Waals surface area contributed by atoms with Crippen LogP contribution < -0.4 is 30.5 Å². The summed E-state index contributed by atoms with van der Waals surface area (Å²) in [6.07, 6.45) is -0.179. The Bertz CT molecular complexity index is 122. The first-order valence-corrected chi connectivity index (χ1v) is 5.46. The fraction of sp³-hybridized carbons (Fsp3) is 1.00. The molecule has 0 fully saturated rings. The molecule has 0 amide bonds. The second-order valence-corrected chi connectivity index (χ2v) is 5.21. The smallest absolute Gasteiger partial charge is 0.112 e. The third kappa shape index (κ3) is 15.3. The minimum atomic E-state index is -0.179. The summed E-state index contributed by atoms with van der Waals surface area (Å²) in [7, 11) is 6.28. The molecular formula is C8H22Cl2N2OS. The quantitative estimate of drug-likeness (QED) is 0.370. The Morgan fingerprint density at radius 3 is 2.14 bits per heavy atom. The lowest BCUT2D eigenvalue weighted by atomic mass is 10.3. The zero-order valence-corrected chi connectivity index (χ0v) is 11.5. The number of aliphatic hydroxyl groups excluding tert-OH is 1. The van der Waals surface area contributed by atoms with E-state index >= 15 is 0 Å². The summed E-state index contributed by atoms with van der Waals surface area (Å²) in [6, 6.07) is 0. The van der Waals surface area contributed by atoms with E-state index < -0.39 is 0 Å². The number of aliphatic hydroxyl groups is 1. The summed E-state index contributed by atoms with van der Waals surface area (Å²) in [5.41, 5.74) is 3.75. The monoisotopic (exact) mass is 264 g/mol. The van der Waals surface area contributed by atoms with E-state index in [2.05, 4.69) is 26.9 Å². The minimum Gasteiger partial charge on any atom is -1.00 e. The lowest BCUT2D eigenvalue weighted by molar-refractivity contribution is -0.873. The molecule has 0 bridgehead atoms. The first-order valence-electron chi connectivity index (χ1n) is 4.31. The number of rotatable bonds is 6. The standard InChI is InChI=1S/C8H21N2OS.2ClH/c1-10(2,3)6-8(11)7-12-5-4-9;;/h8,11H,4-7,9H2,1-3H3;2*1H/q+1;;/p-1/t8-;;/m0../s1. The van der Waals surface area contributed by atoms with E-state index in [9.17, 15) is 5.11 Å². The van der Waals surface area contributed by atoms with Gasteiger partial charge in [-0.1, -0.05) is 0 Å². The number of hydrogen-bond acceptors (Lipinski definition) is 2. The highest BCUT2D eigenvalue weighted by Crippen LogP contribution is 2.04. The highest BCUT2D eigenvalue weighted by molar-refractivity contribution is 7.99. The number of nitrogens with zero attached hydrogens (tertiary/aromatic N) is 1. The number of hydrogen-bond donors (Lipinski definition) is 2. The van der Waals surface area contributed by atoms with Crippen LogP contribution >= 0.6 is 11.8 Å². The van der Waals surface area contributed by atoms with Gasteiger partial charge < -0.3 is 40.1 Å². The molecule has 0 saturated heterocycles. The van der Waals surface area contributed by atoms with Crippen molar-refractivity contribution in [2.75, 3.05) is 45.7 Å². The van der Waals surface area contributed by atoms with Crippen molar-refractivity contribution in [3.63, 3.8) is 0 Å². The third-order valence-electron chi connectivity index (χ3n) is 1.36. The Morgan fingerprint density at radius 2 is 1.79 bits per heavy atom. The van der Waals surface area contributed by atoms with Gasteiger partial charge in [0.05, 0.1) is 27.7 Å². The van der Waals surface area contributed by atoms with Gasteiger partial charge in [-0.2, -0.15) is 11.8 Å². The summed E-state index contributed by atoms with van der Waals surface area (Å²) in [5, 5.41) is 9.55. The van der Waals surface area contributed by atoms with Crippen LogP contribution in [-0.4, -0.2) is 61.4 Å². The van der Waals surface area contributed by atoms with Crippen molar-refractivity contribution >= 4 is 11.8 Å². The van der Waals surface area contributed by atoms with E-state index in [1.54, 1.807) is 11.8 Å². The Morgan fingerprint density at radius 1 is 1.29 bits per heavy atom. The average molecular weight is 265 g/mol. The van der Waals surface area contributed by atoms with Crippen molar-refractivity contribution in [3.8, 4) is 0 Å². The summed E-state index contributed by atoms with van der Waals surface area (Å²) in [5.74, 6) is 1.89. The molecule has 4 N–H and O–H groups in total. The molecule has 0 aromatic carbocycles. The number of halogens is 2. The molecule has 0 aliphatic carbocycles. The minimum absolute atomic E-state index is 0. The first kappa shape index (κ1) is 20.3. The summed E-state index contributed by atoms with van der Waals surface area (Å²) in [4.78, 5) is 0. The van der Waals surface area contributed by atoms with Crippen LogP contribution in [0.4, 0.5) is 0 Å². The van der Waals surface area contributed by atoms with Crippen LogP contribution in [0.2, 0.25) is 0 Å². The molecule has 0 spiro atoms. The van der Waals surface area contributed by atoms with Crippen molar-refractivity contribution in [2.45, 2.75) is 6.10 Å². The molecule has 0 aromatic rings. The summed E-state index contributed by atoms with van der Waals surface area (Å²) >= 11 is 1.78. The number of quaternary nitrogens is 2. The lowest BCUT2D eigenvalue weighted by Gasteiger charge is -2.26. The van der Waals surface area contributed by atoms with Gasteiger partial charge in [0.25, 0.3) is 0 Å². The van der Waals surface area contributed by atoms with E-state index in [-0.39, 0.29) is 30.9 Å². The van der Waals surface area contributed by atoms with E-state index in [1.807, 2.05) is 0 Å². The number of likely N-dealkylation sites (N-methyl/N-ethyl adjacent to an activating group) is 1. The second-order valence-electron chi connectivity index (χ2n) is 4.06. The van der Waals surface area contributed by atoms with Crippen LogP contribution in [0, 0.1) is 0 Å². The normalized spacial score (nSPS) is 12.6. The van der Waals surface area contributed by atoms with Crippen molar-refractivity contribution in [1.29, 1.82) is 0 Å². The molecule has 90 valence electrons. The first-order chi connectivity index (χ1) is 5.45. The van der Waals surface area contributed by atoms with Crippen LogP contribution in [0.5, 0.6) is 0 Å². The van der Waals surface area contributed by atoms with Gasteiger partial charge in [0.15, 0.2) is 0 Å². The molecule has 0 aromatic heterocycles. The third-order valence-corrected chi connectivity index (χ3v) is 2.56. The van der Waals surface area contributed by atoms with E-state index in [0.29, 0.717) is 0 Å². The van der Waals surface area contributed by atoms with Crippen LogP contribution in [-0.2, 0) is 0 Å². The molecule has 0 aliphatic rings. The van der Waals surface area contributed by atoms with Crippen LogP contribution in [0.15, 0.2) is 0 Å². The highest BCUT2D eigenvalue weighted by Gasteiger charge is 2.14. The van der Waals surface area contributed by atoms with Crippen molar-refractivity contribution in [1.82, 2.24) is 0 Å². The maximum atomic E-state index is 9.55. The average Bonchev–Trinajstić information content (AvgIpc) is 1.84. The molecule has 14 heavy (non-hydrogen) atoms. The van der Waals surface area contributed by atoms with Crippen LogP contribution in [0.3, 0.4) is 0 Å². The zero-order chi connectivity index (χ0) is 9.61. The van der Waals surface area contributed by atoms with Crippen molar-refractivity contribution < 1.29 is 40.1 Å². The predicted octanol–water partition coefficient (Wildman–Crippen LogP) is -6.96. The van der Waals surface area contributed by atoms with E-state index in [1.165, 1.54) is 0 Å². The van der Waals surface area contributed by atoms with Gasteiger partial charge in [-0.05, 0) is 0 Å². The Labute approximate surface area is 104 Å². The molecule has 0 saturated carbocycles. The maximum Gasteiger partial charge on any atom is 0.112 e. The SMILES string of the molecule is C[N+](C)(C)C[C@H](O)CSCC[NH3+].[Cl-].[Cl-]. The highest BCUT2D eigenvalue weighted by atomic mass is 35.5. The summed E-state index contributed by atoms with van der Waals surface area (Å²) < 4.78 is 0.825. The van der Waals surface area contributed by atoms with Gasteiger partial charge >= 0.3 is 0 Å². The Kier molecular flexibility index (Phi) is 14.9. The Balaban J connectivity index is -0.000000605. The predicted molar refractivity (Wildman–Crippen MR) is 54.0 cm³/mol. The zero-order valence-electron chi connectivity index (χ0n) is 9.17. The topological polar surface area (TPSA) is 47.9 Å². The largest absolute Gasteiger partial charge is 1.00 e.